The molecular formula is C13H24O2. The molecule has 0 aromatic heterocycles. The molecule has 1 N–H and O–H groups in total. The molecular weight excluding hydrogens is 188 g/mol. The van der Waals surface area contributed by atoms with Crippen LogP contribution in [0.5, 0.6) is 0 Å². The molecule has 15 heavy (non-hydrogen) atoms. The van der Waals surface area contributed by atoms with Crippen LogP contribution in [0.3, 0.4) is 0 Å². The summed E-state index contributed by atoms with van der Waals surface area (Å²) >= 11 is 0. The predicted octanol–water partition coefficient (Wildman–Crippen LogP) is 3.85. The maximum absolute atomic E-state index is 11.4. The minimum atomic E-state index is -0.563. The summed E-state index contributed by atoms with van der Waals surface area (Å²) < 4.78 is 0. The lowest BCUT2D eigenvalue weighted by molar-refractivity contribution is -0.152. The molecule has 0 amide bonds. The molecule has 0 unspecified atom stereocenters. The summed E-state index contributed by atoms with van der Waals surface area (Å²) in [6.07, 6.45) is 7.04. The highest BCUT2D eigenvalue weighted by atomic mass is 16.4. The first-order valence-corrected chi connectivity index (χ1v) is 6.09. The fourth-order valence-corrected chi connectivity index (χ4v) is 2.41. The summed E-state index contributed by atoms with van der Waals surface area (Å²) in [6.45, 7) is 6.56. The Labute approximate surface area is 93.1 Å². The summed E-state index contributed by atoms with van der Waals surface area (Å²) in [5.41, 5.74) is -0.147. The molecule has 2 nitrogen and oxygen atoms in total. The largest absolute Gasteiger partial charge is 0.481 e. The van der Waals surface area contributed by atoms with Crippen molar-refractivity contribution in [1.82, 2.24) is 0 Å². The molecule has 0 saturated heterocycles. The van der Waals surface area contributed by atoms with Gasteiger partial charge in [0.05, 0.1) is 5.41 Å². The van der Waals surface area contributed by atoms with E-state index in [0.29, 0.717) is 0 Å². The highest BCUT2D eigenvalue weighted by molar-refractivity contribution is 5.74. The number of carboxylic acids is 1. The minimum absolute atomic E-state index is 0.250. The number of rotatable bonds is 3. The standard InChI is InChI=1S/C13H24O2/c1-12(2,3)9-10-13(11(14)15)7-5-4-6-8-13/h4-10H2,1-3H3,(H,14,15). The van der Waals surface area contributed by atoms with Crippen LogP contribution in [0, 0.1) is 10.8 Å². The Bertz CT molecular complexity index is 219. The maximum atomic E-state index is 11.4. The van der Waals surface area contributed by atoms with Crippen LogP contribution in [0.25, 0.3) is 0 Å². The molecule has 0 bridgehead atoms. The highest BCUT2D eigenvalue weighted by Crippen LogP contribution is 2.42. The Kier molecular flexibility index (Phi) is 3.80. The van der Waals surface area contributed by atoms with Crippen LogP contribution in [-0.2, 0) is 4.79 Å². The zero-order chi connectivity index (χ0) is 11.5. The molecule has 1 saturated carbocycles. The third kappa shape index (κ3) is 3.51. The summed E-state index contributed by atoms with van der Waals surface area (Å²) in [6, 6.07) is 0. The van der Waals surface area contributed by atoms with Gasteiger partial charge in [-0.2, -0.15) is 0 Å². The molecule has 0 atom stereocenters. The molecule has 1 aliphatic carbocycles. The summed E-state index contributed by atoms with van der Waals surface area (Å²) in [4.78, 5) is 11.4. The van der Waals surface area contributed by atoms with E-state index in [2.05, 4.69) is 20.8 Å². The van der Waals surface area contributed by atoms with Gasteiger partial charge in [0.1, 0.15) is 0 Å². The summed E-state index contributed by atoms with van der Waals surface area (Å²) in [5.74, 6) is -0.563. The number of hydrogen-bond acceptors (Lipinski definition) is 1. The number of aliphatic carboxylic acids is 1. The SMILES string of the molecule is CC(C)(C)CCC1(C(=O)O)CCCCC1. The average Bonchev–Trinajstić information content (AvgIpc) is 2.15. The van der Waals surface area contributed by atoms with E-state index in [-0.39, 0.29) is 5.41 Å². The lowest BCUT2D eigenvalue weighted by Crippen LogP contribution is -2.34. The zero-order valence-electron chi connectivity index (χ0n) is 10.3. The normalized spacial score (nSPS) is 21.3. The zero-order valence-corrected chi connectivity index (χ0v) is 10.3. The Balaban J connectivity index is 2.61. The van der Waals surface area contributed by atoms with Crippen LogP contribution in [0.15, 0.2) is 0 Å². The van der Waals surface area contributed by atoms with Crippen LogP contribution < -0.4 is 0 Å². The van der Waals surface area contributed by atoms with Gasteiger partial charge in [0.25, 0.3) is 0 Å². The maximum Gasteiger partial charge on any atom is 0.309 e. The molecule has 0 heterocycles. The Hall–Kier alpha value is -0.530. The predicted molar refractivity (Wildman–Crippen MR) is 61.8 cm³/mol. The lowest BCUT2D eigenvalue weighted by atomic mass is 9.69. The van der Waals surface area contributed by atoms with Crippen LogP contribution >= 0.6 is 0 Å². The van der Waals surface area contributed by atoms with Crippen molar-refractivity contribution in [3.63, 3.8) is 0 Å². The molecule has 2 heteroatoms. The second-order valence-corrected chi connectivity index (χ2v) is 6.21. The van der Waals surface area contributed by atoms with Gasteiger partial charge >= 0.3 is 5.97 Å². The van der Waals surface area contributed by atoms with E-state index in [1.165, 1.54) is 6.42 Å². The van der Waals surface area contributed by atoms with Gasteiger partial charge in [-0.05, 0) is 31.1 Å². The van der Waals surface area contributed by atoms with E-state index in [0.717, 1.165) is 38.5 Å². The topological polar surface area (TPSA) is 37.3 Å². The third-order valence-electron chi connectivity index (χ3n) is 3.62. The first-order chi connectivity index (χ1) is 6.86. The van der Waals surface area contributed by atoms with Gasteiger partial charge in [-0.3, -0.25) is 4.79 Å². The van der Waals surface area contributed by atoms with Gasteiger partial charge in [-0.25, -0.2) is 0 Å². The number of hydrogen-bond donors (Lipinski definition) is 1. The van der Waals surface area contributed by atoms with Crippen molar-refractivity contribution < 1.29 is 9.90 Å². The first-order valence-electron chi connectivity index (χ1n) is 6.09. The van der Waals surface area contributed by atoms with E-state index in [4.69, 9.17) is 0 Å². The quantitative estimate of drug-likeness (QED) is 0.771. The molecule has 0 aromatic carbocycles. The van der Waals surface area contributed by atoms with Gasteiger partial charge in [0.15, 0.2) is 0 Å². The first kappa shape index (κ1) is 12.5. The van der Waals surface area contributed by atoms with Gasteiger partial charge in [0, 0.05) is 0 Å². The van der Waals surface area contributed by atoms with E-state index in [9.17, 15) is 9.90 Å². The van der Waals surface area contributed by atoms with Crippen LogP contribution in [0.1, 0.15) is 65.7 Å². The fraction of sp³-hybridized carbons (Fsp3) is 0.923. The van der Waals surface area contributed by atoms with Crippen molar-refractivity contribution in [2.24, 2.45) is 10.8 Å². The van der Waals surface area contributed by atoms with Gasteiger partial charge < -0.3 is 5.11 Å². The van der Waals surface area contributed by atoms with Gasteiger partial charge in [0.2, 0.25) is 0 Å². The average molecular weight is 212 g/mol. The Morgan fingerprint density at radius 3 is 2.13 bits per heavy atom. The second kappa shape index (κ2) is 4.54. The van der Waals surface area contributed by atoms with Crippen LogP contribution in [0.2, 0.25) is 0 Å². The second-order valence-electron chi connectivity index (χ2n) is 6.21. The van der Waals surface area contributed by atoms with Crippen molar-refractivity contribution in [3.8, 4) is 0 Å². The van der Waals surface area contributed by atoms with Gasteiger partial charge in [-0.1, -0.05) is 40.0 Å². The number of carbonyl (C=O) groups is 1. The third-order valence-corrected chi connectivity index (χ3v) is 3.62. The van der Waals surface area contributed by atoms with Crippen molar-refractivity contribution in [1.29, 1.82) is 0 Å². The molecule has 0 spiro atoms. The van der Waals surface area contributed by atoms with E-state index in [1.54, 1.807) is 0 Å². The van der Waals surface area contributed by atoms with Gasteiger partial charge in [-0.15, -0.1) is 0 Å². The molecule has 0 aliphatic heterocycles. The van der Waals surface area contributed by atoms with E-state index >= 15 is 0 Å². The Morgan fingerprint density at radius 2 is 1.73 bits per heavy atom. The van der Waals surface area contributed by atoms with E-state index in [1.807, 2.05) is 0 Å². The Morgan fingerprint density at radius 1 is 1.20 bits per heavy atom. The summed E-state index contributed by atoms with van der Waals surface area (Å²) in [5, 5.41) is 9.39. The van der Waals surface area contributed by atoms with Crippen molar-refractivity contribution in [3.05, 3.63) is 0 Å². The smallest absolute Gasteiger partial charge is 0.309 e. The van der Waals surface area contributed by atoms with Crippen LogP contribution in [-0.4, -0.2) is 11.1 Å². The molecule has 1 aliphatic rings. The molecule has 0 aromatic rings. The fourth-order valence-electron chi connectivity index (χ4n) is 2.41. The van der Waals surface area contributed by atoms with Crippen LogP contribution in [0.4, 0.5) is 0 Å². The molecule has 0 radical (unpaired) electrons. The summed E-state index contributed by atoms with van der Waals surface area (Å²) in [7, 11) is 0. The van der Waals surface area contributed by atoms with Crippen molar-refractivity contribution in [2.45, 2.75) is 65.7 Å². The minimum Gasteiger partial charge on any atom is -0.481 e. The highest BCUT2D eigenvalue weighted by Gasteiger charge is 2.39. The lowest BCUT2D eigenvalue weighted by Gasteiger charge is -2.35. The van der Waals surface area contributed by atoms with Crippen molar-refractivity contribution >= 4 is 5.97 Å². The molecule has 1 rings (SSSR count). The van der Waals surface area contributed by atoms with E-state index < -0.39 is 11.4 Å². The van der Waals surface area contributed by atoms with Crippen molar-refractivity contribution in [2.75, 3.05) is 0 Å². The monoisotopic (exact) mass is 212 g/mol. The molecule has 1 fully saturated rings. The molecule has 88 valence electrons. The number of carboxylic acid groups (broad SMARTS) is 1.